The van der Waals surface area contributed by atoms with Crippen molar-refractivity contribution in [1.82, 2.24) is 0 Å². The fourth-order valence-corrected chi connectivity index (χ4v) is 0.417. The predicted molar refractivity (Wildman–Crippen MR) is 40.7 cm³/mol. The van der Waals surface area contributed by atoms with Crippen molar-refractivity contribution >= 4 is 0 Å². The van der Waals surface area contributed by atoms with Crippen molar-refractivity contribution in [2.75, 3.05) is 0 Å². The van der Waals surface area contributed by atoms with Crippen LogP contribution in [0.4, 0.5) is 17.6 Å². The van der Waals surface area contributed by atoms with Gasteiger partial charge in [0.15, 0.2) is 0 Å². The Morgan fingerprint density at radius 1 is 0.769 bits per heavy atom. The van der Waals surface area contributed by atoms with E-state index in [2.05, 4.69) is 4.74 Å². The third-order valence-corrected chi connectivity index (χ3v) is 1.62. The van der Waals surface area contributed by atoms with Crippen molar-refractivity contribution in [2.24, 2.45) is 11.8 Å². The first kappa shape index (κ1) is 12.7. The van der Waals surface area contributed by atoms with Gasteiger partial charge in [-0.05, 0) is 0 Å². The molecule has 0 saturated carbocycles. The van der Waals surface area contributed by atoms with Crippen LogP contribution in [-0.4, -0.2) is 12.2 Å². The highest BCUT2D eigenvalue weighted by Crippen LogP contribution is 2.36. The van der Waals surface area contributed by atoms with Crippen LogP contribution in [0.2, 0.25) is 0 Å². The van der Waals surface area contributed by atoms with Crippen molar-refractivity contribution in [3.8, 4) is 0 Å². The fraction of sp³-hybridized carbons (Fsp3) is 1.00. The van der Waals surface area contributed by atoms with E-state index in [0.717, 1.165) is 27.7 Å². The van der Waals surface area contributed by atoms with E-state index in [-0.39, 0.29) is 0 Å². The zero-order valence-electron chi connectivity index (χ0n) is 8.07. The summed E-state index contributed by atoms with van der Waals surface area (Å²) in [5.74, 6) is -2.53. The largest absolute Gasteiger partial charge is 0.362 e. The first-order valence-corrected chi connectivity index (χ1v) is 4.05. The lowest BCUT2D eigenvalue weighted by Crippen LogP contribution is -2.39. The lowest BCUT2D eigenvalue weighted by atomic mass is 10.2. The molecule has 0 N–H and O–H groups in total. The van der Waals surface area contributed by atoms with Crippen LogP contribution >= 0.6 is 0 Å². The van der Waals surface area contributed by atoms with Crippen LogP contribution in [0.3, 0.4) is 0 Å². The van der Waals surface area contributed by atoms with E-state index < -0.39 is 24.1 Å². The normalized spacial score (nSPS) is 14.3. The molecule has 0 aliphatic heterocycles. The molecular weight excluding hydrogens is 188 g/mol. The van der Waals surface area contributed by atoms with Gasteiger partial charge in [0.1, 0.15) is 0 Å². The maximum Gasteiger partial charge on any atom is 0.362 e. The molecule has 0 rings (SSSR count). The molecule has 80 valence electrons. The molecule has 0 amide bonds. The van der Waals surface area contributed by atoms with E-state index in [0.29, 0.717) is 0 Å². The molecule has 1 nitrogen and oxygen atoms in total. The maximum absolute atomic E-state index is 12.7. The van der Waals surface area contributed by atoms with Gasteiger partial charge in [0.05, 0.1) is 0 Å². The average Bonchev–Trinajstić information content (AvgIpc) is 1.83. The Balaban J connectivity index is 4.42. The molecule has 0 spiro atoms. The second-order valence-corrected chi connectivity index (χ2v) is 3.54. The number of hydrogen-bond donors (Lipinski definition) is 0. The number of alkyl halides is 4. The monoisotopic (exact) mass is 202 g/mol. The summed E-state index contributed by atoms with van der Waals surface area (Å²) in [6.45, 7) is 4.49. The van der Waals surface area contributed by atoms with E-state index in [1.54, 1.807) is 0 Å². The van der Waals surface area contributed by atoms with Crippen LogP contribution < -0.4 is 0 Å². The van der Waals surface area contributed by atoms with Crippen LogP contribution in [-0.2, 0) is 4.74 Å². The molecule has 0 unspecified atom stereocenters. The SMILES string of the molecule is CC(C)C(F)(F)OC(F)(F)C(C)C. The summed E-state index contributed by atoms with van der Waals surface area (Å²) in [4.78, 5) is 0. The minimum atomic E-state index is -3.78. The van der Waals surface area contributed by atoms with Gasteiger partial charge < -0.3 is 0 Å². The molecule has 0 aromatic carbocycles. The summed E-state index contributed by atoms with van der Waals surface area (Å²) in [5.41, 5.74) is 0. The summed E-state index contributed by atoms with van der Waals surface area (Å²) in [7, 11) is 0. The summed E-state index contributed by atoms with van der Waals surface area (Å²) in [6, 6.07) is 0. The first-order chi connectivity index (χ1) is 5.59. The van der Waals surface area contributed by atoms with Gasteiger partial charge in [-0.15, -0.1) is 0 Å². The van der Waals surface area contributed by atoms with E-state index in [1.807, 2.05) is 0 Å². The second-order valence-electron chi connectivity index (χ2n) is 3.54. The molecule has 0 aromatic heterocycles. The lowest BCUT2D eigenvalue weighted by Gasteiger charge is -2.28. The van der Waals surface area contributed by atoms with E-state index >= 15 is 0 Å². The molecule has 0 heterocycles. The Hall–Kier alpha value is -0.320. The van der Waals surface area contributed by atoms with E-state index in [4.69, 9.17) is 0 Å². The van der Waals surface area contributed by atoms with Crippen LogP contribution in [0.5, 0.6) is 0 Å². The van der Waals surface area contributed by atoms with Crippen LogP contribution in [0.15, 0.2) is 0 Å². The van der Waals surface area contributed by atoms with Gasteiger partial charge in [0.2, 0.25) is 0 Å². The Labute approximate surface area is 75.1 Å². The molecule has 0 fully saturated rings. The number of ether oxygens (including phenoxy) is 1. The minimum Gasteiger partial charge on any atom is -0.255 e. The molecule has 0 aromatic rings. The lowest BCUT2D eigenvalue weighted by molar-refractivity contribution is -0.401. The Kier molecular flexibility index (Phi) is 3.72. The van der Waals surface area contributed by atoms with Gasteiger partial charge in [-0.1, -0.05) is 27.7 Å². The molecule has 0 bridgehead atoms. The smallest absolute Gasteiger partial charge is 0.255 e. The molecule has 0 saturated heterocycles. The third-order valence-electron chi connectivity index (χ3n) is 1.62. The first-order valence-electron chi connectivity index (χ1n) is 4.05. The Morgan fingerprint density at radius 3 is 1.15 bits per heavy atom. The van der Waals surface area contributed by atoms with Crippen molar-refractivity contribution in [2.45, 2.75) is 39.9 Å². The molecule has 5 heteroatoms. The topological polar surface area (TPSA) is 9.23 Å². The Bertz CT molecular complexity index is 148. The van der Waals surface area contributed by atoms with Crippen LogP contribution in [0.1, 0.15) is 27.7 Å². The van der Waals surface area contributed by atoms with Crippen LogP contribution in [0.25, 0.3) is 0 Å². The third kappa shape index (κ3) is 3.50. The number of hydrogen-bond acceptors (Lipinski definition) is 1. The second kappa shape index (κ2) is 3.82. The summed E-state index contributed by atoms with van der Waals surface area (Å²) >= 11 is 0. The Morgan fingerprint density at radius 2 is 1.00 bits per heavy atom. The van der Waals surface area contributed by atoms with Crippen molar-refractivity contribution in [3.05, 3.63) is 0 Å². The molecule has 0 aliphatic carbocycles. The van der Waals surface area contributed by atoms with E-state index in [9.17, 15) is 17.6 Å². The zero-order chi connectivity index (χ0) is 10.9. The molecule has 13 heavy (non-hydrogen) atoms. The van der Waals surface area contributed by atoms with Gasteiger partial charge in [0.25, 0.3) is 0 Å². The zero-order valence-corrected chi connectivity index (χ0v) is 8.07. The maximum atomic E-state index is 12.7. The summed E-state index contributed by atoms with van der Waals surface area (Å²) in [5, 5.41) is 0. The predicted octanol–water partition coefficient (Wildman–Crippen LogP) is 3.50. The van der Waals surface area contributed by atoms with Crippen LogP contribution in [0, 0.1) is 11.8 Å². The highest BCUT2D eigenvalue weighted by molar-refractivity contribution is 4.65. The summed E-state index contributed by atoms with van der Waals surface area (Å²) < 4.78 is 54.3. The van der Waals surface area contributed by atoms with Crippen molar-refractivity contribution < 1.29 is 22.3 Å². The number of halogens is 4. The average molecular weight is 202 g/mol. The van der Waals surface area contributed by atoms with E-state index in [1.165, 1.54) is 0 Å². The standard InChI is InChI=1S/C8H14F4O/c1-5(2)7(9,10)13-8(11,12)6(3)4/h5-6H,1-4H3. The van der Waals surface area contributed by atoms with Gasteiger partial charge >= 0.3 is 12.2 Å². The van der Waals surface area contributed by atoms with Gasteiger partial charge in [-0.25, -0.2) is 0 Å². The van der Waals surface area contributed by atoms with Crippen molar-refractivity contribution in [1.29, 1.82) is 0 Å². The fourth-order valence-electron chi connectivity index (χ4n) is 0.417. The highest BCUT2D eigenvalue weighted by atomic mass is 19.3. The highest BCUT2D eigenvalue weighted by Gasteiger charge is 2.47. The van der Waals surface area contributed by atoms with Crippen molar-refractivity contribution in [3.63, 3.8) is 0 Å². The molecular formula is C8H14F4O. The summed E-state index contributed by atoms with van der Waals surface area (Å²) in [6.07, 6.45) is -7.57. The van der Waals surface area contributed by atoms with Gasteiger partial charge in [0, 0.05) is 11.8 Å². The van der Waals surface area contributed by atoms with Gasteiger partial charge in [-0.2, -0.15) is 17.6 Å². The molecule has 0 radical (unpaired) electrons. The quantitative estimate of drug-likeness (QED) is 0.634. The minimum absolute atomic E-state index is 1.12. The molecule has 0 aliphatic rings. The molecule has 0 atom stereocenters. The number of rotatable bonds is 4. The van der Waals surface area contributed by atoms with Gasteiger partial charge in [-0.3, -0.25) is 4.74 Å².